The summed E-state index contributed by atoms with van der Waals surface area (Å²) in [6.45, 7) is 17.0. The van der Waals surface area contributed by atoms with E-state index in [4.69, 9.17) is 15.2 Å². The maximum absolute atomic E-state index is 5.87. The van der Waals surface area contributed by atoms with Gasteiger partial charge in [0.25, 0.3) is 0 Å². The lowest BCUT2D eigenvalue weighted by Crippen LogP contribution is -2.46. The number of hydrogen-bond donors (Lipinski definition) is 1. The lowest BCUT2D eigenvalue weighted by Gasteiger charge is -2.37. The van der Waals surface area contributed by atoms with Crippen molar-refractivity contribution in [2.75, 3.05) is 13.2 Å². The molecule has 2 aliphatic heterocycles. The van der Waals surface area contributed by atoms with Gasteiger partial charge in [-0.3, -0.25) is 0 Å². The Bertz CT molecular complexity index is 271. The van der Waals surface area contributed by atoms with Gasteiger partial charge in [0.2, 0.25) is 0 Å². The van der Waals surface area contributed by atoms with Gasteiger partial charge in [-0.2, -0.15) is 0 Å². The van der Waals surface area contributed by atoms with E-state index in [0.29, 0.717) is 12.0 Å². The van der Waals surface area contributed by atoms with Gasteiger partial charge in [-0.15, -0.1) is 0 Å². The normalized spacial score (nSPS) is 39.6. The molecular formula is C17H35NO2. The third-order valence-corrected chi connectivity index (χ3v) is 4.72. The Morgan fingerprint density at radius 2 is 1.20 bits per heavy atom. The van der Waals surface area contributed by atoms with Crippen LogP contribution in [0.4, 0.5) is 0 Å². The Labute approximate surface area is 125 Å². The zero-order valence-corrected chi connectivity index (χ0v) is 14.5. The maximum Gasteiger partial charge on any atom is 0.0641 e. The zero-order valence-electron chi connectivity index (χ0n) is 14.5. The SMILES string of the molecule is C[C@@H]1COC(C)(C)C[C@@H]1C.C[C@@H]1COC(C)(C)C[C@@H]1N. The molecule has 4 atom stereocenters. The van der Waals surface area contributed by atoms with E-state index in [9.17, 15) is 0 Å². The van der Waals surface area contributed by atoms with E-state index >= 15 is 0 Å². The van der Waals surface area contributed by atoms with E-state index < -0.39 is 0 Å². The van der Waals surface area contributed by atoms with Crippen LogP contribution in [0.2, 0.25) is 0 Å². The molecule has 0 unspecified atom stereocenters. The van der Waals surface area contributed by atoms with Crippen LogP contribution in [-0.4, -0.2) is 30.5 Å². The van der Waals surface area contributed by atoms with Crippen molar-refractivity contribution in [2.24, 2.45) is 23.5 Å². The molecule has 0 aromatic rings. The third-order valence-electron chi connectivity index (χ3n) is 4.72. The predicted molar refractivity (Wildman–Crippen MR) is 84.8 cm³/mol. The average Bonchev–Trinajstić information content (AvgIpc) is 2.30. The Morgan fingerprint density at radius 3 is 1.55 bits per heavy atom. The van der Waals surface area contributed by atoms with E-state index in [2.05, 4.69) is 48.5 Å². The first-order chi connectivity index (χ1) is 9.02. The first-order valence-corrected chi connectivity index (χ1v) is 8.06. The van der Waals surface area contributed by atoms with Gasteiger partial charge in [0, 0.05) is 6.04 Å². The van der Waals surface area contributed by atoms with Crippen LogP contribution >= 0.6 is 0 Å². The van der Waals surface area contributed by atoms with Crippen LogP contribution in [0.1, 0.15) is 61.3 Å². The fraction of sp³-hybridized carbons (Fsp3) is 1.00. The van der Waals surface area contributed by atoms with Crippen molar-refractivity contribution in [1.82, 2.24) is 0 Å². The van der Waals surface area contributed by atoms with Gasteiger partial charge in [-0.25, -0.2) is 0 Å². The highest BCUT2D eigenvalue weighted by Gasteiger charge is 2.31. The summed E-state index contributed by atoms with van der Waals surface area (Å²) < 4.78 is 11.2. The van der Waals surface area contributed by atoms with Gasteiger partial charge >= 0.3 is 0 Å². The molecule has 20 heavy (non-hydrogen) atoms. The molecule has 0 amide bonds. The fourth-order valence-corrected chi connectivity index (χ4v) is 2.87. The minimum Gasteiger partial charge on any atom is -0.375 e. The fourth-order valence-electron chi connectivity index (χ4n) is 2.87. The van der Waals surface area contributed by atoms with Crippen molar-refractivity contribution in [2.45, 2.75) is 78.6 Å². The van der Waals surface area contributed by atoms with Crippen molar-refractivity contribution >= 4 is 0 Å². The Morgan fingerprint density at radius 1 is 0.750 bits per heavy atom. The van der Waals surface area contributed by atoms with Gasteiger partial charge in [-0.05, 0) is 58.3 Å². The molecule has 2 rings (SSSR count). The van der Waals surface area contributed by atoms with Crippen LogP contribution in [0, 0.1) is 17.8 Å². The summed E-state index contributed by atoms with van der Waals surface area (Å²) in [5, 5.41) is 0. The van der Waals surface area contributed by atoms with Crippen LogP contribution in [-0.2, 0) is 9.47 Å². The van der Waals surface area contributed by atoms with E-state index in [-0.39, 0.29) is 11.2 Å². The minimum atomic E-state index is 0.00588. The molecular weight excluding hydrogens is 250 g/mol. The van der Waals surface area contributed by atoms with Crippen LogP contribution in [0.3, 0.4) is 0 Å². The topological polar surface area (TPSA) is 44.5 Å². The molecule has 0 aromatic heterocycles. The molecule has 0 radical (unpaired) electrons. The molecule has 0 spiro atoms. The van der Waals surface area contributed by atoms with Crippen LogP contribution < -0.4 is 5.73 Å². The summed E-state index contributed by atoms with van der Waals surface area (Å²) in [6.07, 6.45) is 2.18. The molecule has 2 N–H and O–H groups in total. The summed E-state index contributed by atoms with van der Waals surface area (Å²) in [7, 11) is 0. The minimum absolute atomic E-state index is 0.00588. The van der Waals surface area contributed by atoms with Crippen molar-refractivity contribution in [1.29, 1.82) is 0 Å². The molecule has 2 aliphatic rings. The molecule has 3 nitrogen and oxygen atoms in total. The van der Waals surface area contributed by atoms with Crippen LogP contribution in [0.5, 0.6) is 0 Å². The highest BCUT2D eigenvalue weighted by Crippen LogP contribution is 2.31. The van der Waals surface area contributed by atoms with Gasteiger partial charge in [0.15, 0.2) is 0 Å². The second-order valence-corrected chi connectivity index (χ2v) is 8.15. The smallest absolute Gasteiger partial charge is 0.0641 e. The lowest BCUT2D eigenvalue weighted by atomic mass is 9.83. The molecule has 0 saturated carbocycles. The molecule has 0 aromatic carbocycles. The quantitative estimate of drug-likeness (QED) is 0.739. The monoisotopic (exact) mass is 285 g/mol. The maximum atomic E-state index is 5.87. The summed E-state index contributed by atoms with van der Waals surface area (Å²) >= 11 is 0. The first kappa shape index (κ1) is 17.9. The average molecular weight is 285 g/mol. The number of nitrogens with two attached hydrogens (primary N) is 1. The van der Waals surface area contributed by atoms with E-state index in [1.807, 2.05) is 0 Å². The Hall–Kier alpha value is -0.120. The standard InChI is InChI=1S/C9H18O.C8H17NO/c1-7-5-9(3,4)10-6-8(7)2;1-6-5-10-8(2,3)4-7(6)9/h7-8H,5-6H2,1-4H3;6-7H,4-5,9H2,1-3H3/t7-,8+;6-,7+/m01/s1. The molecule has 120 valence electrons. The molecule has 3 heteroatoms. The van der Waals surface area contributed by atoms with Crippen LogP contribution in [0.25, 0.3) is 0 Å². The first-order valence-electron chi connectivity index (χ1n) is 8.06. The molecule has 0 bridgehead atoms. The van der Waals surface area contributed by atoms with E-state index in [0.717, 1.165) is 31.5 Å². The Kier molecular flexibility index (Phi) is 6.06. The van der Waals surface area contributed by atoms with E-state index in [1.54, 1.807) is 0 Å². The summed E-state index contributed by atoms with van der Waals surface area (Å²) in [5.74, 6) is 2.09. The van der Waals surface area contributed by atoms with Gasteiger partial charge < -0.3 is 15.2 Å². The lowest BCUT2D eigenvalue weighted by molar-refractivity contribution is -0.0944. The number of rotatable bonds is 0. The number of ether oxygens (including phenoxy) is 2. The zero-order chi connectivity index (χ0) is 15.6. The second-order valence-electron chi connectivity index (χ2n) is 8.15. The summed E-state index contributed by atoms with van der Waals surface area (Å²) in [4.78, 5) is 0. The molecule has 0 aliphatic carbocycles. The highest BCUT2D eigenvalue weighted by atomic mass is 16.5. The Balaban J connectivity index is 0.000000200. The van der Waals surface area contributed by atoms with Crippen molar-refractivity contribution in [3.05, 3.63) is 0 Å². The number of hydrogen-bond acceptors (Lipinski definition) is 3. The second kappa shape index (κ2) is 6.76. The van der Waals surface area contributed by atoms with Gasteiger partial charge in [0.05, 0.1) is 24.4 Å². The summed E-state index contributed by atoms with van der Waals surface area (Å²) in [6, 6.07) is 0.323. The predicted octanol–water partition coefficient (Wildman–Crippen LogP) is 3.61. The third kappa shape index (κ3) is 5.71. The van der Waals surface area contributed by atoms with E-state index in [1.165, 1.54) is 6.42 Å². The molecule has 2 fully saturated rings. The highest BCUT2D eigenvalue weighted by molar-refractivity contribution is 4.84. The van der Waals surface area contributed by atoms with Crippen molar-refractivity contribution < 1.29 is 9.47 Å². The molecule has 2 saturated heterocycles. The van der Waals surface area contributed by atoms with Crippen LogP contribution in [0.15, 0.2) is 0 Å². The van der Waals surface area contributed by atoms with Crippen molar-refractivity contribution in [3.63, 3.8) is 0 Å². The largest absolute Gasteiger partial charge is 0.375 e. The van der Waals surface area contributed by atoms with Gasteiger partial charge in [-0.1, -0.05) is 20.8 Å². The van der Waals surface area contributed by atoms with Gasteiger partial charge in [0.1, 0.15) is 0 Å². The molecule has 2 heterocycles. The summed E-state index contributed by atoms with van der Waals surface area (Å²) in [5.41, 5.74) is 6.01. The van der Waals surface area contributed by atoms with Crippen molar-refractivity contribution in [3.8, 4) is 0 Å².